The third-order valence-electron chi connectivity index (χ3n) is 3.59. The van der Waals surface area contributed by atoms with E-state index in [4.69, 9.17) is 4.74 Å². The van der Waals surface area contributed by atoms with Gasteiger partial charge in [0, 0.05) is 12.1 Å². The van der Waals surface area contributed by atoms with Crippen molar-refractivity contribution in [2.75, 3.05) is 20.2 Å². The first-order valence-corrected chi connectivity index (χ1v) is 7.52. The highest BCUT2D eigenvalue weighted by molar-refractivity contribution is 5.84. The van der Waals surface area contributed by atoms with E-state index in [0.717, 1.165) is 24.9 Å². The largest absolute Gasteiger partial charge is 0.461 e. The summed E-state index contributed by atoms with van der Waals surface area (Å²) >= 11 is 0. The fourth-order valence-electron chi connectivity index (χ4n) is 2.47. The molecule has 112 valence electrons. The van der Waals surface area contributed by atoms with Gasteiger partial charge >= 0.3 is 12.3 Å². The quantitative estimate of drug-likeness (QED) is 0.334. The molecule has 1 unspecified atom stereocenters. The van der Waals surface area contributed by atoms with Gasteiger partial charge in [0.2, 0.25) is 6.20 Å². The Morgan fingerprint density at radius 3 is 2.62 bits per heavy atom. The maximum atomic E-state index is 12.1. The number of hydrogen-bond donors (Lipinski definition) is 0. The van der Waals surface area contributed by atoms with E-state index in [2.05, 4.69) is 6.92 Å². The van der Waals surface area contributed by atoms with Crippen molar-refractivity contribution in [1.82, 2.24) is 4.48 Å². The minimum absolute atomic E-state index is 0.161. The first-order chi connectivity index (χ1) is 10.2. The van der Waals surface area contributed by atoms with Crippen LogP contribution in [0, 0.1) is 0 Å². The number of nitrogens with zero attached hydrogens (tertiary/aromatic N) is 2. The zero-order valence-corrected chi connectivity index (χ0v) is 12.9. The van der Waals surface area contributed by atoms with E-state index in [1.165, 1.54) is 0 Å². The molecule has 2 rings (SSSR count). The van der Waals surface area contributed by atoms with Gasteiger partial charge in [0.15, 0.2) is 12.7 Å². The van der Waals surface area contributed by atoms with Crippen LogP contribution in [0.15, 0.2) is 42.7 Å². The summed E-state index contributed by atoms with van der Waals surface area (Å²) in [5.41, 5.74) is 1.06. The molecule has 1 aliphatic heterocycles. The van der Waals surface area contributed by atoms with Crippen LogP contribution in [0.5, 0.6) is 0 Å². The lowest BCUT2D eigenvalue weighted by Crippen LogP contribution is -2.46. The first-order valence-electron chi connectivity index (χ1n) is 7.52. The van der Waals surface area contributed by atoms with Crippen LogP contribution in [0.3, 0.4) is 0 Å². The van der Waals surface area contributed by atoms with Crippen LogP contribution in [0.25, 0.3) is 0 Å². The topological polar surface area (TPSA) is 29.3 Å². The van der Waals surface area contributed by atoms with E-state index < -0.39 is 0 Å². The van der Waals surface area contributed by atoms with Crippen molar-refractivity contribution >= 4 is 18.0 Å². The Morgan fingerprint density at radius 1 is 1.24 bits per heavy atom. The van der Waals surface area contributed by atoms with E-state index in [9.17, 15) is 4.79 Å². The van der Waals surface area contributed by atoms with Gasteiger partial charge in [-0.25, -0.2) is 4.79 Å². The van der Waals surface area contributed by atoms with Crippen molar-refractivity contribution in [3.8, 4) is 0 Å². The van der Waals surface area contributed by atoms with Gasteiger partial charge in [-0.1, -0.05) is 38.0 Å². The molecule has 0 radical (unpaired) electrons. The fourth-order valence-corrected chi connectivity index (χ4v) is 2.47. The molecule has 21 heavy (non-hydrogen) atoms. The summed E-state index contributed by atoms with van der Waals surface area (Å²) in [5.74, 6) is -0.161. The lowest BCUT2D eigenvalue weighted by Gasteiger charge is -2.22. The van der Waals surface area contributed by atoms with Crippen LogP contribution in [0.4, 0.5) is 5.69 Å². The Labute approximate surface area is 126 Å². The number of carbonyl (C=O) groups is 1. The molecule has 0 fully saturated rings. The maximum absolute atomic E-state index is 12.1. The highest BCUT2D eigenvalue weighted by atomic mass is 16.5. The van der Waals surface area contributed by atoms with Gasteiger partial charge in [-0.2, -0.15) is 9.06 Å². The summed E-state index contributed by atoms with van der Waals surface area (Å²) in [6, 6.07) is 10.0. The average molecular weight is 288 g/mol. The molecule has 1 aromatic carbocycles. The Bertz CT molecular complexity index is 537. The molecule has 0 spiro atoms. The second-order valence-electron chi connectivity index (χ2n) is 5.43. The smallest absolute Gasteiger partial charge is 0.363 e. The zero-order valence-electron chi connectivity index (χ0n) is 12.9. The van der Waals surface area contributed by atoms with E-state index >= 15 is 0 Å². The maximum Gasteiger partial charge on any atom is 0.363 e. The molecule has 4 nitrogen and oxygen atoms in total. The zero-order chi connectivity index (χ0) is 15.1. The molecule has 0 saturated carbocycles. The van der Waals surface area contributed by atoms with Crippen LogP contribution in [0.1, 0.15) is 26.2 Å². The molecule has 4 heteroatoms. The minimum atomic E-state index is -0.161. The van der Waals surface area contributed by atoms with Crippen molar-refractivity contribution in [3.63, 3.8) is 0 Å². The van der Waals surface area contributed by atoms with Crippen LogP contribution in [-0.4, -0.2) is 37.1 Å². The van der Waals surface area contributed by atoms with E-state index in [1.807, 2.05) is 60.7 Å². The van der Waals surface area contributed by atoms with Gasteiger partial charge in [-0.3, -0.25) is 0 Å². The van der Waals surface area contributed by atoms with E-state index in [0.29, 0.717) is 11.1 Å². The van der Waals surface area contributed by atoms with Gasteiger partial charge in [0.1, 0.15) is 12.7 Å². The molecule has 0 aliphatic carbocycles. The molecular formula is C17H24N2O2+2. The SMILES string of the molecule is CCCCCOC(=O)C[N+]1(c2ccccc2)C=C[N+](C)=C1. The van der Waals surface area contributed by atoms with Crippen LogP contribution in [-0.2, 0) is 9.53 Å². The van der Waals surface area contributed by atoms with Crippen molar-refractivity contribution < 1.29 is 14.1 Å². The number of para-hydroxylation sites is 1. The second kappa shape index (κ2) is 7.18. The number of quaternary nitrogens is 1. The third-order valence-corrected chi connectivity index (χ3v) is 3.59. The molecule has 1 aromatic rings. The summed E-state index contributed by atoms with van der Waals surface area (Å²) in [5, 5.41) is 0. The van der Waals surface area contributed by atoms with Gasteiger partial charge in [-0.05, 0) is 6.42 Å². The van der Waals surface area contributed by atoms with Gasteiger partial charge in [0.25, 0.3) is 0 Å². The average Bonchev–Trinajstić information content (AvgIpc) is 2.87. The predicted octanol–water partition coefficient (Wildman–Crippen LogP) is 2.88. The molecule has 0 saturated heterocycles. The number of ether oxygens (including phenoxy) is 1. The van der Waals surface area contributed by atoms with Crippen LogP contribution < -0.4 is 4.48 Å². The van der Waals surface area contributed by atoms with E-state index in [1.54, 1.807) is 0 Å². The molecule has 1 atom stereocenters. The van der Waals surface area contributed by atoms with E-state index in [-0.39, 0.29) is 12.5 Å². The Kier molecular flexibility index (Phi) is 5.28. The molecule has 0 aromatic heterocycles. The van der Waals surface area contributed by atoms with Crippen LogP contribution in [0.2, 0.25) is 0 Å². The summed E-state index contributed by atoms with van der Waals surface area (Å²) < 4.78 is 7.71. The molecular weight excluding hydrogens is 264 g/mol. The summed E-state index contributed by atoms with van der Waals surface area (Å²) in [7, 11) is 1.96. The Hall–Kier alpha value is -1.94. The lowest BCUT2D eigenvalue weighted by molar-refractivity contribution is -0.415. The van der Waals surface area contributed by atoms with Crippen molar-refractivity contribution in [3.05, 3.63) is 42.7 Å². The van der Waals surface area contributed by atoms with Crippen molar-refractivity contribution in [2.45, 2.75) is 26.2 Å². The molecule has 0 N–H and O–H groups in total. The van der Waals surface area contributed by atoms with Gasteiger partial charge in [0.05, 0.1) is 6.61 Å². The fraction of sp³-hybridized carbons (Fsp3) is 0.412. The first kappa shape index (κ1) is 15.4. The normalized spacial score (nSPS) is 20.4. The monoisotopic (exact) mass is 288 g/mol. The number of rotatable bonds is 7. The van der Waals surface area contributed by atoms with Crippen LogP contribution >= 0.6 is 0 Å². The number of esters is 1. The number of carbonyl (C=O) groups excluding carboxylic acids is 1. The lowest BCUT2D eigenvalue weighted by atomic mass is 10.2. The van der Waals surface area contributed by atoms with Crippen molar-refractivity contribution in [2.24, 2.45) is 0 Å². The minimum Gasteiger partial charge on any atom is -0.461 e. The molecule has 1 aliphatic rings. The summed E-state index contributed by atoms with van der Waals surface area (Å²) in [6.07, 6.45) is 9.17. The number of unbranched alkanes of at least 4 members (excludes halogenated alkanes) is 2. The molecule has 1 heterocycles. The Balaban J connectivity index is 2.06. The third kappa shape index (κ3) is 4.02. The predicted molar refractivity (Wildman–Crippen MR) is 85.0 cm³/mol. The summed E-state index contributed by atoms with van der Waals surface area (Å²) in [6.45, 7) is 2.94. The second-order valence-corrected chi connectivity index (χ2v) is 5.43. The summed E-state index contributed by atoms with van der Waals surface area (Å²) in [4.78, 5) is 12.1. The molecule has 0 bridgehead atoms. The highest BCUT2D eigenvalue weighted by Gasteiger charge is 2.38. The number of benzene rings is 1. The van der Waals surface area contributed by atoms with Gasteiger partial charge < -0.3 is 4.74 Å². The standard InChI is InChI=1S/C17H24N2O2/c1-3-4-8-13-21-17(20)14-19(12-11-18(2)15-19)16-9-6-5-7-10-16/h5-7,9-12,15H,3-4,8,13-14H2,1-2H3/q+2. The highest BCUT2D eigenvalue weighted by Crippen LogP contribution is 2.24. The van der Waals surface area contributed by atoms with Gasteiger partial charge in [-0.15, -0.1) is 0 Å². The van der Waals surface area contributed by atoms with Crippen molar-refractivity contribution in [1.29, 1.82) is 0 Å². The molecule has 0 amide bonds. The number of hydrogen-bond acceptors (Lipinski definition) is 2. The Morgan fingerprint density at radius 2 is 2.00 bits per heavy atom.